The molecular weight excluding hydrogens is 320 g/mol. The summed E-state index contributed by atoms with van der Waals surface area (Å²) in [5, 5.41) is 4.64. The summed E-state index contributed by atoms with van der Waals surface area (Å²) in [4.78, 5) is 16.1. The Kier molecular flexibility index (Phi) is 3.60. The molecular formula is C17H20N6O2. The second kappa shape index (κ2) is 5.80. The van der Waals surface area contributed by atoms with Crippen LogP contribution in [0.4, 0.5) is 11.8 Å². The van der Waals surface area contributed by atoms with Gasteiger partial charge in [0.15, 0.2) is 5.58 Å². The van der Waals surface area contributed by atoms with E-state index in [1.807, 2.05) is 0 Å². The molecule has 0 bridgehead atoms. The molecule has 0 aliphatic heterocycles. The van der Waals surface area contributed by atoms with E-state index in [2.05, 4.69) is 10.1 Å². The molecule has 1 aliphatic rings. The number of hydrogen-bond acceptors (Lipinski definition) is 6. The summed E-state index contributed by atoms with van der Waals surface area (Å²) < 4.78 is 7.05. The van der Waals surface area contributed by atoms with Crippen molar-refractivity contribution in [2.45, 2.75) is 38.1 Å². The second-order valence-electron chi connectivity index (χ2n) is 6.44. The molecule has 0 radical (unpaired) electrons. The van der Waals surface area contributed by atoms with Crippen LogP contribution >= 0.6 is 0 Å². The summed E-state index contributed by atoms with van der Waals surface area (Å²) in [6, 6.07) is 5.61. The number of nitrogen functional groups attached to an aromatic ring is 2. The van der Waals surface area contributed by atoms with Crippen LogP contribution in [-0.4, -0.2) is 20.7 Å². The molecule has 1 aliphatic carbocycles. The van der Waals surface area contributed by atoms with Crippen LogP contribution in [0.5, 0.6) is 0 Å². The van der Waals surface area contributed by atoms with E-state index < -0.39 is 5.91 Å². The van der Waals surface area contributed by atoms with Gasteiger partial charge in [0, 0.05) is 5.56 Å². The van der Waals surface area contributed by atoms with E-state index in [0.29, 0.717) is 28.2 Å². The van der Waals surface area contributed by atoms with Crippen molar-refractivity contribution in [2.24, 2.45) is 5.73 Å². The number of fused-ring (bicyclic) bond motifs is 1. The zero-order valence-electron chi connectivity index (χ0n) is 13.7. The smallest absolute Gasteiger partial charge is 0.292 e. The maximum atomic E-state index is 12.0. The number of benzene rings is 1. The van der Waals surface area contributed by atoms with Gasteiger partial charge < -0.3 is 21.6 Å². The molecule has 6 N–H and O–H groups in total. The van der Waals surface area contributed by atoms with Crippen LogP contribution in [0, 0.1) is 0 Å². The quantitative estimate of drug-likeness (QED) is 0.669. The van der Waals surface area contributed by atoms with E-state index in [0.717, 1.165) is 25.7 Å². The Labute approximate surface area is 144 Å². The normalized spacial score (nSPS) is 15.7. The number of nitrogens with two attached hydrogens (primary N) is 3. The fourth-order valence-electron chi connectivity index (χ4n) is 3.59. The molecule has 1 fully saturated rings. The Bertz CT molecular complexity index is 952. The number of aromatic nitrogens is 3. The minimum Gasteiger partial charge on any atom is -0.424 e. The molecule has 25 heavy (non-hydrogen) atoms. The van der Waals surface area contributed by atoms with Crippen molar-refractivity contribution in [3.8, 4) is 11.3 Å². The van der Waals surface area contributed by atoms with E-state index >= 15 is 0 Å². The molecule has 4 rings (SSSR count). The molecule has 8 heteroatoms. The van der Waals surface area contributed by atoms with Crippen molar-refractivity contribution in [1.82, 2.24) is 14.8 Å². The SMILES string of the molecule is NC(=O)c1c(-c2ccc3oc(N)nc3c2)nn(C2CCCCC2)c1N. The van der Waals surface area contributed by atoms with E-state index in [1.165, 1.54) is 6.42 Å². The highest BCUT2D eigenvalue weighted by molar-refractivity contribution is 6.03. The zero-order valence-corrected chi connectivity index (χ0v) is 13.7. The van der Waals surface area contributed by atoms with Crippen LogP contribution in [0.15, 0.2) is 22.6 Å². The first kappa shape index (κ1) is 15.5. The average Bonchev–Trinajstić information content (AvgIpc) is 3.14. The van der Waals surface area contributed by atoms with E-state index in [9.17, 15) is 4.79 Å². The summed E-state index contributed by atoms with van der Waals surface area (Å²) in [5.41, 5.74) is 20.0. The minimum absolute atomic E-state index is 0.0922. The average molecular weight is 340 g/mol. The predicted octanol–water partition coefficient (Wildman–Crippen LogP) is 2.46. The van der Waals surface area contributed by atoms with Crippen molar-refractivity contribution in [3.63, 3.8) is 0 Å². The maximum Gasteiger partial charge on any atom is 0.292 e. The standard InChI is InChI=1S/C17H20N6O2/c18-15-13(16(19)24)14(22-23(15)10-4-2-1-3-5-10)9-6-7-12-11(8-9)21-17(20)25-12/h6-8,10H,1-5,18H2,(H2,19,24)(H2,20,21). The number of oxazole rings is 1. The van der Waals surface area contributed by atoms with Gasteiger partial charge in [0.05, 0.1) is 6.04 Å². The van der Waals surface area contributed by atoms with Crippen molar-refractivity contribution in [3.05, 3.63) is 23.8 Å². The third-order valence-electron chi connectivity index (χ3n) is 4.79. The van der Waals surface area contributed by atoms with Gasteiger partial charge >= 0.3 is 0 Å². The van der Waals surface area contributed by atoms with E-state index in [4.69, 9.17) is 21.6 Å². The van der Waals surface area contributed by atoms with Crippen LogP contribution in [0.3, 0.4) is 0 Å². The molecule has 0 atom stereocenters. The zero-order chi connectivity index (χ0) is 17.6. The number of amides is 1. The van der Waals surface area contributed by atoms with Crippen LogP contribution < -0.4 is 17.2 Å². The lowest BCUT2D eigenvalue weighted by Gasteiger charge is -2.22. The fraction of sp³-hybridized carbons (Fsp3) is 0.353. The molecule has 0 saturated heterocycles. The number of rotatable bonds is 3. The molecule has 1 aromatic carbocycles. The molecule has 2 heterocycles. The number of nitrogens with zero attached hydrogens (tertiary/aromatic N) is 3. The fourth-order valence-corrected chi connectivity index (χ4v) is 3.59. The van der Waals surface area contributed by atoms with Crippen molar-refractivity contribution < 1.29 is 9.21 Å². The summed E-state index contributed by atoms with van der Waals surface area (Å²) in [6.45, 7) is 0. The lowest BCUT2D eigenvalue weighted by atomic mass is 9.95. The van der Waals surface area contributed by atoms with Gasteiger partial charge in [-0.3, -0.25) is 4.79 Å². The Morgan fingerprint density at radius 1 is 1.20 bits per heavy atom. The first-order chi connectivity index (χ1) is 12.0. The van der Waals surface area contributed by atoms with Crippen LogP contribution in [0.25, 0.3) is 22.4 Å². The number of carbonyl (C=O) groups excluding carboxylic acids is 1. The molecule has 8 nitrogen and oxygen atoms in total. The Balaban J connectivity index is 1.85. The van der Waals surface area contributed by atoms with Crippen molar-refractivity contribution in [2.75, 3.05) is 11.5 Å². The Hall–Kier alpha value is -3.03. The summed E-state index contributed by atoms with van der Waals surface area (Å²) in [6.07, 6.45) is 5.49. The lowest BCUT2D eigenvalue weighted by Crippen LogP contribution is -2.18. The lowest BCUT2D eigenvalue weighted by molar-refractivity contribution is 0.100. The molecule has 3 aromatic rings. The highest BCUT2D eigenvalue weighted by atomic mass is 16.4. The van der Waals surface area contributed by atoms with Gasteiger partial charge in [-0.2, -0.15) is 10.1 Å². The van der Waals surface area contributed by atoms with Gasteiger partial charge in [-0.05, 0) is 31.0 Å². The predicted molar refractivity (Wildman–Crippen MR) is 94.7 cm³/mol. The Morgan fingerprint density at radius 2 is 1.96 bits per heavy atom. The number of hydrogen-bond donors (Lipinski definition) is 3. The van der Waals surface area contributed by atoms with Gasteiger partial charge in [-0.15, -0.1) is 0 Å². The highest BCUT2D eigenvalue weighted by Gasteiger charge is 2.26. The number of anilines is 2. The topological polar surface area (TPSA) is 139 Å². The monoisotopic (exact) mass is 340 g/mol. The summed E-state index contributed by atoms with van der Waals surface area (Å²) >= 11 is 0. The van der Waals surface area contributed by atoms with Gasteiger partial charge in [0.1, 0.15) is 22.6 Å². The number of carbonyl (C=O) groups is 1. The largest absolute Gasteiger partial charge is 0.424 e. The van der Waals surface area contributed by atoms with Gasteiger partial charge in [-0.25, -0.2) is 4.68 Å². The van der Waals surface area contributed by atoms with E-state index in [1.54, 1.807) is 22.9 Å². The second-order valence-corrected chi connectivity index (χ2v) is 6.44. The summed E-state index contributed by atoms with van der Waals surface area (Å²) in [5.74, 6) is -0.261. The molecule has 0 spiro atoms. The van der Waals surface area contributed by atoms with Crippen LogP contribution in [0.1, 0.15) is 48.5 Å². The third kappa shape index (κ3) is 2.59. The van der Waals surface area contributed by atoms with Gasteiger partial charge in [-0.1, -0.05) is 19.3 Å². The van der Waals surface area contributed by atoms with Gasteiger partial charge in [0.25, 0.3) is 11.9 Å². The van der Waals surface area contributed by atoms with Crippen molar-refractivity contribution in [1.29, 1.82) is 0 Å². The first-order valence-electron chi connectivity index (χ1n) is 8.39. The third-order valence-corrected chi connectivity index (χ3v) is 4.79. The summed E-state index contributed by atoms with van der Waals surface area (Å²) in [7, 11) is 0. The first-order valence-corrected chi connectivity index (χ1v) is 8.39. The van der Waals surface area contributed by atoms with Crippen molar-refractivity contribution >= 4 is 28.8 Å². The number of primary amides is 1. The molecule has 1 saturated carbocycles. The Morgan fingerprint density at radius 3 is 2.68 bits per heavy atom. The molecule has 1 amide bonds. The van der Waals surface area contributed by atoms with Crippen LogP contribution in [0.2, 0.25) is 0 Å². The highest BCUT2D eigenvalue weighted by Crippen LogP contribution is 2.35. The van der Waals surface area contributed by atoms with Gasteiger partial charge in [0.2, 0.25) is 0 Å². The maximum absolute atomic E-state index is 12.0. The minimum atomic E-state index is -0.589. The van der Waals surface area contributed by atoms with Crippen LogP contribution in [-0.2, 0) is 0 Å². The molecule has 2 aromatic heterocycles. The van der Waals surface area contributed by atoms with E-state index in [-0.39, 0.29) is 17.6 Å². The molecule has 130 valence electrons. The molecule has 0 unspecified atom stereocenters.